The fourth-order valence-corrected chi connectivity index (χ4v) is 10.5. The molecule has 7 rings (SSSR count). The predicted octanol–water partition coefficient (Wildman–Crippen LogP) is 9.03. The molecule has 0 atom stereocenters. The number of benzene rings is 4. The molecule has 1 aliphatic carbocycles. The lowest BCUT2D eigenvalue weighted by atomic mass is 9.78. The van der Waals surface area contributed by atoms with E-state index in [1.54, 1.807) is 6.07 Å². The molecule has 15 heteroatoms. The molecule has 65 heavy (non-hydrogen) atoms. The van der Waals surface area contributed by atoms with E-state index < -0.39 is 36.8 Å². The minimum Gasteiger partial charge on any atom is -0.748 e. The number of hydrogen-bond donors (Lipinski definition) is 1. The van der Waals surface area contributed by atoms with Gasteiger partial charge in [-0.2, -0.15) is 4.58 Å². The zero-order valence-corrected chi connectivity index (χ0v) is 38.9. The maximum atomic E-state index is 14.8. The van der Waals surface area contributed by atoms with Crippen molar-refractivity contribution in [1.29, 1.82) is 0 Å². The van der Waals surface area contributed by atoms with Gasteiger partial charge < -0.3 is 24.0 Å². The SMILES string of the molecule is [B]NC(=O)CCCCCN1/C(=C/C=C2\CCCC(/C=C/C3=[N+](CCCCS(=O)(=O)[O-])c4ccc5ccccc5c4C3(C)C)=C2Oc2ccc(S(=O)(=O)[O-])cc2)C(C)(C)c2cc(F)ccc21. The Kier molecular flexibility index (Phi) is 14.1. The summed E-state index contributed by atoms with van der Waals surface area (Å²) < 4.78 is 93.7. The highest BCUT2D eigenvalue weighted by Gasteiger charge is 2.45. The van der Waals surface area contributed by atoms with Crippen molar-refractivity contribution in [2.24, 2.45) is 0 Å². The molecule has 4 aromatic rings. The number of anilines is 1. The molecular formula is C50H54BFN3O8S2-. The van der Waals surface area contributed by atoms with Crippen LogP contribution < -0.4 is 14.9 Å². The van der Waals surface area contributed by atoms with E-state index in [1.807, 2.05) is 24.3 Å². The highest BCUT2D eigenvalue weighted by Crippen LogP contribution is 2.49. The van der Waals surface area contributed by atoms with Gasteiger partial charge in [-0.3, -0.25) is 4.79 Å². The minimum atomic E-state index is -4.69. The largest absolute Gasteiger partial charge is 0.748 e. The van der Waals surface area contributed by atoms with Crippen molar-refractivity contribution in [3.63, 3.8) is 0 Å². The van der Waals surface area contributed by atoms with Crippen LogP contribution >= 0.6 is 0 Å². The summed E-state index contributed by atoms with van der Waals surface area (Å²) in [5.41, 5.74) is 6.60. The second kappa shape index (κ2) is 19.2. The standard InChI is InChI=1S/C50H55BFN3O8S2/c1-49(2)41-33-37(52)21-27-42(41)54(30-9-5-6-17-46(56)53-51)44(49)28-19-35-14-12-15-36(48(35)63-38-22-24-39(25-23-38)65(60,61)62)20-29-45-50(3,4)47-40-16-8-7-13-34(40)18-26-43(47)55(45)31-10-11-32-64(57,58)59/h7-8,13,16,18-29,33H,5-6,9-12,14-15,17,30-32H2,1-4H3,(H2-,53,56,57,58,59,60,61,62)/p-1. The topological polar surface area (TPSA) is 159 Å². The number of allylic oxidation sites excluding steroid dienone is 7. The lowest BCUT2D eigenvalue weighted by Crippen LogP contribution is -2.28. The van der Waals surface area contributed by atoms with Crippen LogP contribution in [-0.4, -0.2) is 69.0 Å². The van der Waals surface area contributed by atoms with Gasteiger partial charge in [-0.05, 0) is 141 Å². The first-order chi connectivity index (χ1) is 30.8. The van der Waals surface area contributed by atoms with Gasteiger partial charge in [0.05, 0.1) is 20.4 Å². The number of nitrogens with zero attached hydrogens (tertiary/aromatic N) is 2. The Balaban J connectivity index is 1.31. The number of halogens is 1. The van der Waals surface area contributed by atoms with Gasteiger partial charge in [0.25, 0.3) is 0 Å². The minimum absolute atomic E-state index is 0.215. The molecule has 4 aromatic carbocycles. The third-order valence-electron chi connectivity index (χ3n) is 12.8. The van der Waals surface area contributed by atoms with Gasteiger partial charge in [0, 0.05) is 59.6 Å². The molecule has 1 N–H and O–H groups in total. The van der Waals surface area contributed by atoms with Crippen LogP contribution in [0.3, 0.4) is 0 Å². The highest BCUT2D eigenvalue weighted by molar-refractivity contribution is 7.86. The summed E-state index contributed by atoms with van der Waals surface area (Å²) in [7, 11) is -3.77. The molecule has 0 aromatic heterocycles. The molecule has 3 aliphatic rings. The fourth-order valence-electron chi connectivity index (χ4n) is 9.52. The second-order valence-electron chi connectivity index (χ2n) is 17.9. The molecule has 0 fully saturated rings. The Hall–Kier alpha value is -5.35. The Bertz CT molecular complexity index is 2880. The molecule has 0 saturated carbocycles. The van der Waals surface area contributed by atoms with Gasteiger partial charge in [-0.1, -0.05) is 50.6 Å². The number of ether oxygens (including phenoxy) is 1. The van der Waals surface area contributed by atoms with Gasteiger partial charge in [0.2, 0.25) is 19.6 Å². The van der Waals surface area contributed by atoms with Crippen LogP contribution in [-0.2, 0) is 35.9 Å². The molecule has 2 heterocycles. The molecule has 11 nitrogen and oxygen atoms in total. The Morgan fingerprint density at radius 2 is 1.63 bits per heavy atom. The average molecular weight is 919 g/mol. The molecule has 0 saturated heterocycles. The number of carbonyl (C=O) groups excluding carboxylic acids is 1. The first-order valence-electron chi connectivity index (χ1n) is 22.0. The van der Waals surface area contributed by atoms with Crippen molar-refractivity contribution in [2.75, 3.05) is 23.7 Å². The number of carbonyl (C=O) groups is 1. The van der Waals surface area contributed by atoms with Gasteiger partial charge in [0.1, 0.15) is 34.0 Å². The van der Waals surface area contributed by atoms with Crippen molar-refractivity contribution in [1.82, 2.24) is 5.23 Å². The van der Waals surface area contributed by atoms with E-state index in [9.17, 15) is 35.1 Å². The van der Waals surface area contributed by atoms with Crippen molar-refractivity contribution < 1.29 is 44.4 Å². The molecule has 0 unspecified atom stereocenters. The summed E-state index contributed by atoms with van der Waals surface area (Å²) in [5, 5.41) is 4.39. The van der Waals surface area contributed by atoms with Crippen molar-refractivity contribution in [3.05, 3.63) is 143 Å². The number of fused-ring (bicyclic) bond motifs is 4. The van der Waals surface area contributed by atoms with Crippen LogP contribution in [0, 0.1) is 5.82 Å². The maximum Gasteiger partial charge on any atom is 0.226 e. The van der Waals surface area contributed by atoms with Crippen LogP contribution in [0.1, 0.15) is 96.6 Å². The second-order valence-corrected chi connectivity index (χ2v) is 20.8. The zero-order chi connectivity index (χ0) is 46.7. The normalized spacial score (nSPS) is 18.3. The molecule has 0 bridgehead atoms. The summed E-state index contributed by atoms with van der Waals surface area (Å²) in [4.78, 5) is 13.6. The van der Waals surface area contributed by atoms with Gasteiger partial charge in [0.15, 0.2) is 5.71 Å². The Morgan fingerprint density at radius 1 is 0.877 bits per heavy atom. The van der Waals surface area contributed by atoms with Crippen LogP contribution in [0.5, 0.6) is 5.75 Å². The van der Waals surface area contributed by atoms with Crippen molar-refractivity contribution in [2.45, 2.75) is 101 Å². The van der Waals surface area contributed by atoms with E-state index >= 15 is 0 Å². The summed E-state index contributed by atoms with van der Waals surface area (Å²) in [6, 6.07) is 22.7. The van der Waals surface area contributed by atoms with E-state index in [1.165, 1.54) is 30.3 Å². The van der Waals surface area contributed by atoms with E-state index in [-0.39, 0.29) is 23.0 Å². The molecule has 1 amide bonds. The molecule has 340 valence electrons. The van der Waals surface area contributed by atoms with E-state index in [2.05, 4.69) is 84.9 Å². The van der Waals surface area contributed by atoms with E-state index in [0.29, 0.717) is 56.7 Å². The molecule has 2 aliphatic heterocycles. The Labute approximate surface area is 383 Å². The summed E-state index contributed by atoms with van der Waals surface area (Å²) >= 11 is 0. The van der Waals surface area contributed by atoms with Crippen LogP contribution in [0.15, 0.2) is 131 Å². The number of rotatable bonds is 17. The summed E-state index contributed by atoms with van der Waals surface area (Å²) in [6.45, 7) is 9.61. The molecule has 0 spiro atoms. The summed E-state index contributed by atoms with van der Waals surface area (Å²) in [5.74, 6) is -0.0507. The lowest BCUT2D eigenvalue weighted by Gasteiger charge is -2.27. The van der Waals surface area contributed by atoms with E-state index in [0.717, 1.165) is 75.1 Å². The first-order valence-corrected chi connectivity index (χ1v) is 25.0. The smallest absolute Gasteiger partial charge is 0.226 e. The third-order valence-corrected chi connectivity index (χ3v) is 14.4. The average Bonchev–Trinajstić information content (AvgIpc) is 3.60. The fraction of sp³-hybridized carbons (Fsp3) is 0.360. The van der Waals surface area contributed by atoms with Crippen LogP contribution in [0.25, 0.3) is 10.8 Å². The van der Waals surface area contributed by atoms with Gasteiger partial charge in [-0.15, -0.1) is 0 Å². The first kappa shape index (κ1) is 47.6. The Morgan fingerprint density at radius 3 is 2.35 bits per heavy atom. The van der Waals surface area contributed by atoms with Crippen LogP contribution in [0.4, 0.5) is 15.8 Å². The van der Waals surface area contributed by atoms with Gasteiger partial charge >= 0.3 is 0 Å². The van der Waals surface area contributed by atoms with E-state index in [4.69, 9.17) is 12.7 Å². The third kappa shape index (κ3) is 10.5. The summed E-state index contributed by atoms with van der Waals surface area (Å²) in [6.07, 6.45) is 13.6. The maximum absolute atomic E-state index is 14.8. The van der Waals surface area contributed by atoms with Crippen molar-refractivity contribution >= 4 is 62.0 Å². The highest BCUT2D eigenvalue weighted by atomic mass is 32.2. The molecule has 2 radical (unpaired) electrons. The predicted molar refractivity (Wildman–Crippen MR) is 251 cm³/mol. The number of amides is 1. The van der Waals surface area contributed by atoms with Crippen LogP contribution in [0.2, 0.25) is 0 Å². The number of hydrogen-bond acceptors (Lipinski definition) is 9. The monoisotopic (exact) mass is 918 g/mol. The zero-order valence-electron chi connectivity index (χ0n) is 37.2. The lowest BCUT2D eigenvalue weighted by molar-refractivity contribution is -0.438. The number of nitrogens with one attached hydrogen (secondary N) is 1. The quantitative estimate of drug-likeness (QED) is 0.0472. The van der Waals surface area contributed by atoms with Crippen molar-refractivity contribution in [3.8, 4) is 5.75 Å². The molecular weight excluding hydrogens is 865 g/mol. The number of unbranched alkanes of at least 4 members (excludes halogenated alkanes) is 3. The van der Waals surface area contributed by atoms with Gasteiger partial charge in [-0.25, -0.2) is 21.2 Å².